The van der Waals surface area contributed by atoms with Gasteiger partial charge in [-0.1, -0.05) is 11.8 Å². The van der Waals surface area contributed by atoms with Crippen LogP contribution in [0.4, 0.5) is 0 Å². The molecule has 0 fully saturated rings. The highest BCUT2D eigenvalue weighted by Crippen LogP contribution is 2.29. The van der Waals surface area contributed by atoms with E-state index in [0.29, 0.717) is 18.2 Å². The number of rotatable bonds is 4. The van der Waals surface area contributed by atoms with E-state index in [4.69, 9.17) is 9.40 Å². The second-order valence-electron chi connectivity index (χ2n) is 5.45. The first-order valence-corrected chi connectivity index (χ1v) is 9.28. The summed E-state index contributed by atoms with van der Waals surface area (Å²) in [5, 5.41) is 1.47. The van der Waals surface area contributed by atoms with Crippen LogP contribution in [-0.2, 0) is 12.3 Å². The molecule has 7 heteroatoms. The van der Waals surface area contributed by atoms with Crippen LogP contribution in [0.3, 0.4) is 0 Å². The fourth-order valence-electron chi connectivity index (χ4n) is 2.42. The second kappa shape index (κ2) is 6.13. The molecule has 0 amide bonds. The molecule has 3 rings (SSSR count). The zero-order valence-corrected chi connectivity index (χ0v) is 15.5. The molecule has 3 aromatic rings. The summed E-state index contributed by atoms with van der Waals surface area (Å²) in [6, 6.07) is 0. The Kier molecular flexibility index (Phi) is 4.33. The first kappa shape index (κ1) is 16.3. The van der Waals surface area contributed by atoms with Crippen molar-refractivity contribution in [1.82, 2.24) is 14.5 Å². The lowest BCUT2D eigenvalue weighted by Crippen LogP contribution is -2.22. The van der Waals surface area contributed by atoms with E-state index in [2.05, 4.69) is 4.98 Å². The average molecular weight is 349 g/mol. The maximum atomic E-state index is 12.8. The van der Waals surface area contributed by atoms with Gasteiger partial charge in [-0.25, -0.2) is 9.97 Å². The van der Waals surface area contributed by atoms with Crippen LogP contribution < -0.4 is 5.56 Å². The molecule has 23 heavy (non-hydrogen) atoms. The number of oxazole rings is 1. The molecule has 0 radical (unpaired) electrons. The maximum Gasteiger partial charge on any atom is 0.263 e. The molecule has 5 nitrogen and oxygen atoms in total. The summed E-state index contributed by atoms with van der Waals surface area (Å²) in [5.74, 6) is 2.07. The van der Waals surface area contributed by atoms with Gasteiger partial charge in [-0.15, -0.1) is 11.3 Å². The van der Waals surface area contributed by atoms with Gasteiger partial charge in [0, 0.05) is 11.4 Å². The first-order chi connectivity index (χ1) is 10.9. The fourth-order valence-corrected chi connectivity index (χ4v) is 4.40. The Morgan fingerprint density at radius 1 is 1.22 bits per heavy atom. The molecule has 122 valence electrons. The molecule has 0 aliphatic rings. The third-order valence-corrected chi connectivity index (χ3v) is 6.03. The summed E-state index contributed by atoms with van der Waals surface area (Å²) in [4.78, 5) is 23.8. The van der Waals surface area contributed by atoms with Crippen LogP contribution in [0.25, 0.3) is 10.2 Å². The summed E-state index contributed by atoms with van der Waals surface area (Å²) in [6.07, 6.45) is 0. The van der Waals surface area contributed by atoms with E-state index < -0.39 is 0 Å². The Balaban J connectivity index is 2.01. The van der Waals surface area contributed by atoms with Crippen molar-refractivity contribution in [2.24, 2.45) is 0 Å². The molecule has 0 bridgehead atoms. The molecule has 0 aromatic carbocycles. The Labute approximate surface area is 142 Å². The van der Waals surface area contributed by atoms with Crippen LogP contribution in [0.2, 0.25) is 0 Å². The molecular formula is C16H19N3O2S2. The van der Waals surface area contributed by atoms with Crippen molar-refractivity contribution in [2.75, 3.05) is 0 Å². The Morgan fingerprint density at radius 3 is 2.57 bits per heavy atom. The van der Waals surface area contributed by atoms with Gasteiger partial charge in [0.15, 0.2) is 5.16 Å². The van der Waals surface area contributed by atoms with E-state index in [1.807, 2.05) is 34.6 Å². The maximum absolute atomic E-state index is 12.8. The smallest absolute Gasteiger partial charge is 0.263 e. The van der Waals surface area contributed by atoms with Crippen LogP contribution in [0.15, 0.2) is 14.4 Å². The summed E-state index contributed by atoms with van der Waals surface area (Å²) >= 11 is 3.07. The first-order valence-electron chi connectivity index (χ1n) is 7.48. The van der Waals surface area contributed by atoms with E-state index in [-0.39, 0.29) is 5.56 Å². The van der Waals surface area contributed by atoms with Crippen molar-refractivity contribution in [3.63, 3.8) is 0 Å². The van der Waals surface area contributed by atoms with Crippen LogP contribution >= 0.6 is 23.1 Å². The molecule has 0 aliphatic carbocycles. The molecule has 0 saturated heterocycles. The normalized spacial score (nSPS) is 11.5. The number of aryl methyl sites for hydroxylation is 4. The molecule has 3 heterocycles. The minimum atomic E-state index is 0.0432. The number of fused-ring (bicyclic) bond motifs is 1. The minimum Gasteiger partial charge on any atom is -0.445 e. The van der Waals surface area contributed by atoms with Crippen molar-refractivity contribution < 1.29 is 4.42 Å². The highest BCUT2D eigenvalue weighted by Gasteiger charge is 2.17. The van der Waals surface area contributed by atoms with Crippen LogP contribution in [0.5, 0.6) is 0 Å². The third-order valence-electron chi connectivity index (χ3n) is 3.97. The zero-order chi connectivity index (χ0) is 16.7. The number of hydrogen-bond acceptors (Lipinski definition) is 6. The van der Waals surface area contributed by atoms with Gasteiger partial charge in [-0.2, -0.15) is 0 Å². The lowest BCUT2D eigenvalue weighted by molar-refractivity contribution is 0.489. The van der Waals surface area contributed by atoms with E-state index in [1.54, 1.807) is 15.9 Å². The lowest BCUT2D eigenvalue weighted by Gasteiger charge is -2.09. The van der Waals surface area contributed by atoms with Crippen molar-refractivity contribution in [3.05, 3.63) is 38.1 Å². The molecule has 0 N–H and O–H groups in total. The van der Waals surface area contributed by atoms with Gasteiger partial charge in [-0.05, 0) is 40.2 Å². The standard InChI is InChI=1S/C16H19N3O2S2/c1-6-19-15(20)13-8(2)11(5)23-14(13)18-16(19)22-7-12-17-9(3)10(4)21-12/h6-7H2,1-5H3. The number of thiophene rings is 1. The van der Waals surface area contributed by atoms with Crippen molar-refractivity contribution in [3.8, 4) is 0 Å². The lowest BCUT2D eigenvalue weighted by atomic mass is 10.2. The van der Waals surface area contributed by atoms with Gasteiger partial charge in [0.1, 0.15) is 10.6 Å². The average Bonchev–Trinajstić information content (AvgIpc) is 2.97. The Hall–Kier alpha value is -1.60. The summed E-state index contributed by atoms with van der Waals surface area (Å²) < 4.78 is 7.34. The number of hydrogen-bond donors (Lipinski definition) is 0. The topological polar surface area (TPSA) is 60.9 Å². The minimum absolute atomic E-state index is 0.0432. The highest BCUT2D eigenvalue weighted by atomic mass is 32.2. The summed E-state index contributed by atoms with van der Waals surface area (Å²) in [5.41, 5.74) is 1.99. The largest absolute Gasteiger partial charge is 0.445 e. The number of aromatic nitrogens is 3. The molecule has 0 unspecified atom stereocenters. The Morgan fingerprint density at radius 2 is 1.96 bits per heavy atom. The quantitative estimate of drug-likeness (QED) is 0.526. The van der Waals surface area contributed by atoms with E-state index >= 15 is 0 Å². The van der Waals surface area contributed by atoms with Gasteiger partial charge >= 0.3 is 0 Å². The van der Waals surface area contributed by atoms with Crippen molar-refractivity contribution >= 4 is 33.3 Å². The molecule has 0 atom stereocenters. The van der Waals surface area contributed by atoms with Gasteiger partial charge in [0.25, 0.3) is 5.56 Å². The molecule has 3 aromatic heterocycles. The summed E-state index contributed by atoms with van der Waals surface area (Å²) in [7, 11) is 0. The van der Waals surface area contributed by atoms with Gasteiger partial charge in [-0.3, -0.25) is 9.36 Å². The van der Waals surface area contributed by atoms with Crippen LogP contribution in [-0.4, -0.2) is 14.5 Å². The third kappa shape index (κ3) is 2.83. The Bertz CT molecular complexity index is 918. The van der Waals surface area contributed by atoms with E-state index in [9.17, 15) is 4.79 Å². The zero-order valence-electron chi connectivity index (χ0n) is 13.9. The van der Waals surface area contributed by atoms with Gasteiger partial charge < -0.3 is 4.42 Å². The van der Waals surface area contributed by atoms with Crippen molar-refractivity contribution in [1.29, 1.82) is 0 Å². The van der Waals surface area contributed by atoms with Gasteiger partial charge in [0.05, 0.1) is 16.8 Å². The SMILES string of the molecule is CCn1c(SCc2nc(C)c(C)o2)nc2sc(C)c(C)c2c1=O. The van der Waals surface area contributed by atoms with E-state index in [0.717, 1.165) is 37.3 Å². The fraction of sp³-hybridized carbons (Fsp3) is 0.438. The molecule has 0 spiro atoms. The molecule has 0 aliphatic heterocycles. The highest BCUT2D eigenvalue weighted by molar-refractivity contribution is 7.98. The molecular weight excluding hydrogens is 330 g/mol. The summed E-state index contributed by atoms with van der Waals surface area (Å²) in [6.45, 7) is 10.4. The predicted molar refractivity (Wildman–Crippen MR) is 94.6 cm³/mol. The van der Waals surface area contributed by atoms with Crippen LogP contribution in [0.1, 0.15) is 34.7 Å². The van der Waals surface area contributed by atoms with Crippen molar-refractivity contribution in [2.45, 2.75) is 52.1 Å². The second-order valence-corrected chi connectivity index (χ2v) is 7.59. The predicted octanol–water partition coefficient (Wildman–Crippen LogP) is 3.99. The molecule has 0 saturated carbocycles. The van der Waals surface area contributed by atoms with Crippen LogP contribution in [0, 0.1) is 27.7 Å². The number of nitrogens with zero attached hydrogens (tertiary/aromatic N) is 3. The monoisotopic (exact) mass is 349 g/mol. The number of thioether (sulfide) groups is 1. The van der Waals surface area contributed by atoms with Gasteiger partial charge in [0.2, 0.25) is 5.89 Å². The van der Waals surface area contributed by atoms with E-state index in [1.165, 1.54) is 11.8 Å².